The van der Waals surface area contributed by atoms with Crippen molar-refractivity contribution in [2.75, 3.05) is 11.9 Å². The van der Waals surface area contributed by atoms with Crippen LogP contribution in [0.25, 0.3) is 0 Å². The number of rotatable bonds is 4. The minimum absolute atomic E-state index is 0.0402. The van der Waals surface area contributed by atoms with Crippen molar-refractivity contribution in [3.63, 3.8) is 0 Å². The van der Waals surface area contributed by atoms with Crippen molar-refractivity contribution in [2.24, 2.45) is 0 Å². The third-order valence-electron chi connectivity index (χ3n) is 3.85. The van der Waals surface area contributed by atoms with Crippen LogP contribution in [0.2, 0.25) is 0 Å². The van der Waals surface area contributed by atoms with Gasteiger partial charge in [0.1, 0.15) is 5.75 Å². The molecule has 0 fully saturated rings. The van der Waals surface area contributed by atoms with Gasteiger partial charge in [-0.25, -0.2) is 0 Å². The quantitative estimate of drug-likeness (QED) is 0.912. The van der Waals surface area contributed by atoms with Crippen LogP contribution in [0.4, 0.5) is 5.69 Å². The van der Waals surface area contributed by atoms with E-state index in [0.717, 1.165) is 36.1 Å². The molecule has 0 heterocycles. The Hall–Kier alpha value is -2.33. The number of ether oxygens (including phenoxy) is 1. The minimum atomic E-state index is -0.426. The summed E-state index contributed by atoms with van der Waals surface area (Å²) in [7, 11) is 0. The smallest absolute Gasteiger partial charge is 0.262 e. The molecule has 3 rings (SSSR count). The van der Waals surface area contributed by atoms with Crippen LogP contribution >= 0.6 is 0 Å². The largest absolute Gasteiger partial charge is 0.483 e. The van der Waals surface area contributed by atoms with Gasteiger partial charge in [-0.05, 0) is 48.6 Å². The lowest BCUT2D eigenvalue weighted by atomic mass is 9.89. The van der Waals surface area contributed by atoms with Crippen LogP contribution in [0.3, 0.4) is 0 Å². The van der Waals surface area contributed by atoms with Crippen molar-refractivity contribution < 1.29 is 14.6 Å². The molecule has 0 spiro atoms. The van der Waals surface area contributed by atoms with E-state index < -0.39 is 6.10 Å². The summed E-state index contributed by atoms with van der Waals surface area (Å²) in [6, 6.07) is 14.9. The van der Waals surface area contributed by atoms with Crippen LogP contribution in [0.1, 0.15) is 30.1 Å². The zero-order valence-electron chi connectivity index (χ0n) is 12.3. The number of aliphatic hydroxyl groups excluding tert-OH is 1. The zero-order chi connectivity index (χ0) is 15.4. The maximum Gasteiger partial charge on any atom is 0.262 e. The molecule has 2 N–H and O–H groups in total. The first-order valence-corrected chi connectivity index (χ1v) is 7.51. The van der Waals surface area contributed by atoms with E-state index in [9.17, 15) is 9.90 Å². The second-order valence-electron chi connectivity index (χ2n) is 5.43. The fourth-order valence-corrected chi connectivity index (χ4v) is 2.79. The van der Waals surface area contributed by atoms with Gasteiger partial charge in [-0.1, -0.05) is 30.3 Å². The Kier molecular flexibility index (Phi) is 4.39. The molecule has 114 valence electrons. The summed E-state index contributed by atoms with van der Waals surface area (Å²) in [4.78, 5) is 11.9. The lowest BCUT2D eigenvalue weighted by molar-refractivity contribution is -0.118. The van der Waals surface area contributed by atoms with Gasteiger partial charge in [-0.15, -0.1) is 0 Å². The van der Waals surface area contributed by atoms with Crippen molar-refractivity contribution in [1.82, 2.24) is 0 Å². The average molecular weight is 297 g/mol. The summed E-state index contributed by atoms with van der Waals surface area (Å²) in [5.74, 6) is 0.500. The number of benzene rings is 2. The first kappa shape index (κ1) is 14.6. The number of hydrogen-bond donors (Lipinski definition) is 2. The van der Waals surface area contributed by atoms with Crippen LogP contribution in [-0.2, 0) is 11.2 Å². The van der Waals surface area contributed by atoms with E-state index in [0.29, 0.717) is 5.75 Å². The van der Waals surface area contributed by atoms with Crippen molar-refractivity contribution >= 4 is 11.6 Å². The van der Waals surface area contributed by atoms with Gasteiger partial charge in [0.25, 0.3) is 5.91 Å². The normalized spacial score (nSPS) is 16.7. The van der Waals surface area contributed by atoms with Gasteiger partial charge in [-0.2, -0.15) is 0 Å². The SMILES string of the molecule is O=C(COc1cccc2c1CCCC2O)Nc1ccccc1. The second-order valence-corrected chi connectivity index (χ2v) is 5.43. The molecule has 1 aliphatic rings. The highest BCUT2D eigenvalue weighted by Crippen LogP contribution is 2.35. The number of hydrogen-bond acceptors (Lipinski definition) is 3. The van der Waals surface area contributed by atoms with E-state index in [1.54, 1.807) is 0 Å². The van der Waals surface area contributed by atoms with E-state index >= 15 is 0 Å². The van der Waals surface area contributed by atoms with E-state index in [-0.39, 0.29) is 12.5 Å². The molecule has 0 saturated carbocycles. The Labute approximate surface area is 129 Å². The fourth-order valence-electron chi connectivity index (χ4n) is 2.79. The summed E-state index contributed by atoms with van der Waals surface area (Å²) in [6.45, 7) is -0.0402. The van der Waals surface area contributed by atoms with Crippen LogP contribution < -0.4 is 10.1 Å². The Morgan fingerprint density at radius 3 is 2.82 bits per heavy atom. The number of para-hydroxylation sites is 1. The zero-order valence-corrected chi connectivity index (χ0v) is 12.3. The highest BCUT2D eigenvalue weighted by molar-refractivity contribution is 5.91. The molecule has 4 nitrogen and oxygen atoms in total. The van der Waals surface area contributed by atoms with Crippen LogP contribution in [0.15, 0.2) is 48.5 Å². The van der Waals surface area contributed by atoms with Crippen LogP contribution in [0, 0.1) is 0 Å². The third kappa shape index (κ3) is 3.28. The predicted molar refractivity (Wildman–Crippen MR) is 84.9 cm³/mol. The molecular weight excluding hydrogens is 278 g/mol. The summed E-state index contributed by atoms with van der Waals surface area (Å²) in [6.07, 6.45) is 2.17. The molecule has 0 saturated heterocycles. The number of carbonyl (C=O) groups is 1. The third-order valence-corrected chi connectivity index (χ3v) is 3.85. The summed E-state index contributed by atoms with van der Waals surface area (Å²) < 4.78 is 5.66. The molecule has 0 radical (unpaired) electrons. The highest BCUT2D eigenvalue weighted by Gasteiger charge is 2.21. The Bertz CT molecular complexity index is 655. The molecule has 0 aromatic heterocycles. The van der Waals surface area contributed by atoms with Crippen molar-refractivity contribution in [3.8, 4) is 5.75 Å². The van der Waals surface area contributed by atoms with Gasteiger partial charge in [0.05, 0.1) is 6.10 Å². The van der Waals surface area contributed by atoms with E-state index in [1.807, 2.05) is 48.5 Å². The summed E-state index contributed by atoms with van der Waals surface area (Å²) in [5, 5.41) is 12.8. The number of amides is 1. The Morgan fingerprint density at radius 1 is 1.18 bits per heavy atom. The van der Waals surface area contributed by atoms with Gasteiger partial charge >= 0.3 is 0 Å². The van der Waals surface area contributed by atoms with Crippen molar-refractivity contribution in [3.05, 3.63) is 59.7 Å². The number of anilines is 1. The van der Waals surface area contributed by atoms with E-state index in [1.165, 1.54) is 0 Å². The molecule has 0 aliphatic heterocycles. The van der Waals surface area contributed by atoms with Gasteiger partial charge in [0, 0.05) is 5.69 Å². The topological polar surface area (TPSA) is 58.6 Å². The monoisotopic (exact) mass is 297 g/mol. The number of nitrogens with one attached hydrogen (secondary N) is 1. The number of aliphatic hydroxyl groups is 1. The molecule has 1 amide bonds. The van der Waals surface area contributed by atoms with Gasteiger partial charge in [-0.3, -0.25) is 4.79 Å². The van der Waals surface area contributed by atoms with E-state index in [2.05, 4.69) is 5.32 Å². The minimum Gasteiger partial charge on any atom is -0.483 e. The Balaban J connectivity index is 1.64. The lowest BCUT2D eigenvalue weighted by Gasteiger charge is -2.23. The molecule has 0 bridgehead atoms. The van der Waals surface area contributed by atoms with Crippen LogP contribution in [0.5, 0.6) is 5.75 Å². The fraction of sp³-hybridized carbons (Fsp3) is 0.278. The molecule has 22 heavy (non-hydrogen) atoms. The summed E-state index contributed by atoms with van der Waals surface area (Å²) >= 11 is 0. The lowest BCUT2D eigenvalue weighted by Crippen LogP contribution is -2.21. The standard InChI is InChI=1S/C18H19NO3/c20-16-10-4-9-15-14(16)8-5-11-17(15)22-12-18(21)19-13-6-2-1-3-7-13/h1-3,5-8,11,16,20H,4,9-10,12H2,(H,19,21). The van der Waals surface area contributed by atoms with Gasteiger partial charge in [0.15, 0.2) is 6.61 Å². The molecule has 1 unspecified atom stereocenters. The highest BCUT2D eigenvalue weighted by atomic mass is 16.5. The molecule has 1 aliphatic carbocycles. The van der Waals surface area contributed by atoms with Crippen LogP contribution in [-0.4, -0.2) is 17.6 Å². The van der Waals surface area contributed by atoms with Crippen molar-refractivity contribution in [1.29, 1.82) is 0 Å². The molecule has 1 atom stereocenters. The predicted octanol–water partition coefficient (Wildman–Crippen LogP) is 3.07. The first-order chi connectivity index (χ1) is 10.7. The Morgan fingerprint density at radius 2 is 2.00 bits per heavy atom. The number of fused-ring (bicyclic) bond motifs is 1. The van der Waals surface area contributed by atoms with Gasteiger partial charge in [0.2, 0.25) is 0 Å². The molecule has 2 aromatic rings. The van der Waals surface area contributed by atoms with Gasteiger partial charge < -0.3 is 15.2 Å². The first-order valence-electron chi connectivity index (χ1n) is 7.51. The molecule has 2 aromatic carbocycles. The van der Waals surface area contributed by atoms with Crippen molar-refractivity contribution in [2.45, 2.75) is 25.4 Å². The van der Waals surface area contributed by atoms with E-state index in [4.69, 9.17) is 4.74 Å². The molecular formula is C18H19NO3. The number of carbonyl (C=O) groups excluding carboxylic acids is 1. The average Bonchev–Trinajstić information content (AvgIpc) is 2.54. The maximum atomic E-state index is 11.9. The maximum absolute atomic E-state index is 11.9. The molecule has 4 heteroatoms. The second kappa shape index (κ2) is 6.62. The summed E-state index contributed by atoms with van der Waals surface area (Å²) in [5.41, 5.74) is 2.70.